The molecule has 2 aliphatic rings. The molecular formula is C23H23ClF2N2O3. The molecule has 3 atom stereocenters. The van der Waals surface area contributed by atoms with Crippen molar-refractivity contribution in [3.63, 3.8) is 0 Å². The number of hydrogen-bond donors (Lipinski definition) is 0. The normalized spacial score (nSPS) is 22.1. The van der Waals surface area contributed by atoms with Crippen LogP contribution in [0.2, 0.25) is 5.02 Å². The summed E-state index contributed by atoms with van der Waals surface area (Å²) >= 11 is 5.96. The van der Waals surface area contributed by atoms with Crippen LogP contribution < -0.4 is 0 Å². The zero-order valence-corrected chi connectivity index (χ0v) is 17.8. The molecule has 2 aromatic rings. The second-order valence-electron chi connectivity index (χ2n) is 7.96. The summed E-state index contributed by atoms with van der Waals surface area (Å²) in [4.78, 5) is 29.1. The third-order valence-corrected chi connectivity index (χ3v) is 6.33. The monoisotopic (exact) mass is 448 g/mol. The van der Waals surface area contributed by atoms with Gasteiger partial charge < -0.3 is 9.64 Å². The number of amides is 1. The van der Waals surface area contributed by atoms with Crippen LogP contribution in [0.25, 0.3) is 0 Å². The Morgan fingerprint density at radius 1 is 1.03 bits per heavy atom. The maximum absolute atomic E-state index is 13.5. The summed E-state index contributed by atoms with van der Waals surface area (Å²) < 4.78 is 31.7. The van der Waals surface area contributed by atoms with Crippen LogP contribution in [0.5, 0.6) is 0 Å². The molecule has 1 saturated carbocycles. The van der Waals surface area contributed by atoms with E-state index in [2.05, 4.69) is 0 Å². The molecular weight excluding hydrogens is 426 g/mol. The SMILES string of the molecule is COC(=O)C(c1ccc(Cl)cc1)N1CCN(C(=O)C2CC2c2ccc(F)c(F)c2)CC1. The van der Waals surface area contributed by atoms with Crippen LogP contribution in [-0.4, -0.2) is 55.0 Å². The lowest BCUT2D eigenvalue weighted by Crippen LogP contribution is -2.51. The van der Waals surface area contributed by atoms with Gasteiger partial charge in [0, 0.05) is 37.1 Å². The Morgan fingerprint density at radius 3 is 2.32 bits per heavy atom. The summed E-state index contributed by atoms with van der Waals surface area (Å²) in [5.74, 6) is -2.38. The third-order valence-electron chi connectivity index (χ3n) is 6.08. The van der Waals surface area contributed by atoms with Crippen LogP contribution in [0.1, 0.15) is 29.5 Å². The Balaban J connectivity index is 1.38. The summed E-state index contributed by atoms with van der Waals surface area (Å²) in [6.07, 6.45) is 0.639. The topological polar surface area (TPSA) is 49.9 Å². The number of benzene rings is 2. The molecule has 5 nitrogen and oxygen atoms in total. The Morgan fingerprint density at radius 2 is 1.71 bits per heavy atom. The van der Waals surface area contributed by atoms with Gasteiger partial charge in [-0.2, -0.15) is 0 Å². The molecule has 0 radical (unpaired) electrons. The maximum Gasteiger partial charge on any atom is 0.327 e. The minimum Gasteiger partial charge on any atom is -0.468 e. The molecule has 1 saturated heterocycles. The number of methoxy groups -OCH3 is 1. The van der Waals surface area contributed by atoms with Crippen molar-refractivity contribution in [2.75, 3.05) is 33.3 Å². The largest absolute Gasteiger partial charge is 0.468 e. The number of nitrogens with zero attached hydrogens (tertiary/aromatic N) is 2. The van der Waals surface area contributed by atoms with Crippen molar-refractivity contribution in [3.05, 3.63) is 70.2 Å². The van der Waals surface area contributed by atoms with E-state index in [1.165, 1.54) is 13.2 Å². The van der Waals surface area contributed by atoms with E-state index in [1.54, 1.807) is 35.2 Å². The quantitative estimate of drug-likeness (QED) is 0.653. The average Bonchev–Trinajstić information content (AvgIpc) is 3.58. The van der Waals surface area contributed by atoms with Crippen molar-refractivity contribution in [2.45, 2.75) is 18.4 Å². The van der Waals surface area contributed by atoms with E-state index in [1.807, 2.05) is 4.90 Å². The minimum absolute atomic E-state index is 0.0236. The third kappa shape index (κ3) is 4.57. The molecule has 2 fully saturated rings. The van der Waals surface area contributed by atoms with E-state index in [-0.39, 0.29) is 23.7 Å². The van der Waals surface area contributed by atoms with E-state index in [9.17, 15) is 18.4 Å². The molecule has 31 heavy (non-hydrogen) atoms. The maximum atomic E-state index is 13.5. The highest BCUT2D eigenvalue weighted by molar-refractivity contribution is 6.30. The smallest absolute Gasteiger partial charge is 0.327 e. The molecule has 0 bridgehead atoms. The summed E-state index contributed by atoms with van der Waals surface area (Å²) in [6.45, 7) is 2.02. The van der Waals surface area contributed by atoms with Crippen LogP contribution in [0.4, 0.5) is 8.78 Å². The van der Waals surface area contributed by atoms with Crippen LogP contribution in [0.3, 0.4) is 0 Å². The van der Waals surface area contributed by atoms with Gasteiger partial charge in [0.1, 0.15) is 6.04 Å². The summed E-state index contributed by atoms with van der Waals surface area (Å²) in [5, 5.41) is 0.586. The first-order chi connectivity index (χ1) is 14.9. The number of rotatable bonds is 5. The predicted molar refractivity (Wildman–Crippen MR) is 112 cm³/mol. The lowest BCUT2D eigenvalue weighted by atomic mass is 10.0. The fraction of sp³-hybridized carbons (Fsp3) is 0.391. The van der Waals surface area contributed by atoms with E-state index in [0.29, 0.717) is 43.2 Å². The highest BCUT2D eigenvalue weighted by Crippen LogP contribution is 2.48. The molecule has 1 heterocycles. The van der Waals surface area contributed by atoms with Crippen LogP contribution in [0, 0.1) is 17.6 Å². The zero-order chi connectivity index (χ0) is 22.1. The van der Waals surface area contributed by atoms with Crippen molar-refractivity contribution in [2.24, 2.45) is 5.92 Å². The first-order valence-corrected chi connectivity index (χ1v) is 10.6. The lowest BCUT2D eigenvalue weighted by molar-refractivity contribution is -0.148. The minimum atomic E-state index is -0.889. The van der Waals surface area contributed by atoms with Gasteiger partial charge in [-0.25, -0.2) is 13.6 Å². The van der Waals surface area contributed by atoms with Gasteiger partial charge in [0.15, 0.2) is 11.6 Å². The van der Waals surface area contributed by atoms with Gasteiger partial charge in [0.05, 0.1) is 7.11 Å². The van der Waals surface area contributed by atoms with Crippen molar-refractivity contribution >= 4 is 23.5 Å². The molecule has 0 N–H and O–H groups in total. The van der Waals surface area contributed by atoms with Gasteiger partial charge in [-0.15, -0.1) is 0 Å². The van der Waals surface area contributed by atoms with Gasteiger partial charge in [0.25, 0.3) is 0 Å². The molecule has 164 valence electrons. The second-order valence-corrected chi connectivity index (χ2v) is 8.40. The Bertz CT molecular complexity index is 977. The van der Waals surface area contributed by atoms with Crippen molar-refractivity contribution in [3.8, 4) is 0 Å². The summed E-state index contributed by atoms with van der Waals surface area (Å²) in [5.41, 5.74) is 1.45. The van der Waals surface area contributed by atoms with E-state index < -0.39 is 17.7 Å². The molecule has 1 amide bonds. The van der Waals surface area contributed by atoms with E-state index >= 15 is 0 Å². The predicted octanol–water partition coefficient (Wildman–Crippen LogP) is 3.78. The number of esters is 1. The fourth-order valence-electron chi connectivity index (χ4n) is 4.27. The Kier molecular flexibility index (Phi) is 6.25. The van der Waals surface area contributed by atoms with Crippen LogP contribution >= 0.6 is 11.6 Å². The van der Waals surface area contributed by atoms with Gasteiger partial charge in [0.2, 0.25) is 5.91 Å². The molecule has 0 spiro atoms. The zero-order valence-electron chi connectivity index (χ0n) is 17.1. The average molecular weight is 449 g/mol. The van der Waals surface area contributed by atoms with Gasteiger partial charge in [-0.05, 0) is 47.7 Å². The highest BCUT2D eigenvalue weighted by Gasteiger charge is 2.46. The molecule has 0 aromatic heterocycles. The summed E-state index contributed by atoms with van der Waals surface area (Å²) in [6, 6.07) is 10.3. The van der Waals surface area contributed by atoms with E-state index in [0.717, 1.165) is 11.6 Å². The summed E-state index contributed by atoms with van der Waals surface area (Å²) in [7, 11) is 1.36. The highest BCUT2D eigenvalue weighted by atomic mass is 35.5. The molecule has 1 aliphatic heterocycles. The van der Waals surface area contributed by atoms with Gasteiger partial charge in [-0.1, -0.05) is 29.8 Å². The van der Waals surface area contributed by atoms with Crippen molar-refractivity contribution in [1.82, 2.24) is 9.80 Å². The molecule has 1 aliphatic carbocycles. The molecule has 3 unspecified atom stereocenters. The lowest BCUT2D eigenvalue weighted by Gasteiger charge is -2.38. The molecule has 2 aromatic carbocycles. The molecule has 8 heteroatoms. The first-order valence-electron chi connectivity index (χ1n) is 10.2. The van der Waals surface area contributed by atoms with Crippen molar-refractivity contribution in [1.29, 1.82) is 0 Å². The van der Waals surface area contributed by atoms with Crippen molar-refractivity contribution < 1.29 is 23.1 Å². The van der Waals surface area contributed by atoms with Crippen LogP contribution in [0.15, 0.2) is 42.5 Å². The number of halogens is 3. The number of piperazine rings is 1. The standard InChI is InChI=1S/C23H23ClF2N2O3/c1-31-23(30)21(14-2-5-16(24)6-3-14)27-8-10-28(11-9-27)22(29)18-13-17(18)15-4-7-19(25)20(26)12-15/h2-7,12,17-18,21H,8-11,13H2,1H3. The van der Waals surface area contributed by atoms with Gasteiger partial charge in [-0.3, -0.25) is 9.69 Å². The number of ether oxygens (including phenoxy) is 1. The van der Waals surface area contributed by atoms with E-state index in [4.69, 9.17) is 16.3 Å². The molecule has 4 rings (SSSR count). The number of carbonyl (C=O) groups excluding carboxylic acids is 2. The first kappa shape index (κ1) is 21.7. The number of carbonyl (C=O) groups is 2. The second kappa shape index (κ2) is 8.93. The van der Waals surface area contributed by atoms with Gasteiger partial charge >= 0.3 is 5.97 Å². The van der Waals surface area contributed by atoms with Crippen LogP contribution in [-0.2, 0) is 14.3 Å². The fourth-order valence-corrected chi connectivity index (χ4v) is 4.39. The Labute approximate surface area is 184 Å². The number of hydrogen-bond acceptors (Lipinski definition) is 4. The Hall–Kier alpha value is -2.51.